The first-order valence-electron chi connectivity index (χ1n) is 14.0. The first-order valence-corrected chi connectivity index (χ1v) is 14.4. The van der Waals surface area contributed by atoms with Crippen molar-refractivity contribution in [2.75, 3.05) is 19.0 Å². The number of hydrazone groups is 1. The van der Waals surface area contributed by atoms with Crippen molar-refractivity contribution in [3.63, 3.8) is 0 Å². The number of nitrogens with zero attached hydrogens (tertiary/aromatic N) is 1. The summed E-state index contributed by atoms with van der Waals surface area (Å²) in [5, 5.41) is 8.65. The van der Waals surface area contributed by atoms with E-state index >= 15 is 0 Å². The number of benzene rings is 1. The first kappa shape index (κ1) is 26.5. The van der Waals surface area contributed by atoms with Gasteiger partial charge in [0.25, 0.3) is 0 Å². The molecule has 2 bridgehead atoms. The zero-order valence-electron chi connectivity index (χ0n) is 23.1. The quantitative estimate of drug-likeness (QED) is 0.253. The third-order valence-corrected chi connectivity index (χ3v) is 10.9. The van der Waals surface area contributed by atoms with Gasteiger partial charge in [0.1, 0.15) is 5.75 Å². The van der Waals surface area contributed by atoms with Gasteiger partial charge in [-0.1, -0.05) is 26.3 Å². The Morgan fingerprint density at radius 1 is 1.14 bits per heavy atom. The van der Waals surface area contributed by atoms with Gasteiger partial charge in [0.2, 0.25) is 0 Å². The number of anilines is 1. The molecule has 202 valence electrons. The molecule has 1 aromatic carbocycles. The van der Waals surface area contributed by atoms with Crippen LogP contribution in [0.5, 0.6) is 5.75 Å². The minimum Gasteiger partial charge on any atom is -0.497 e. The number of rotatable bonds is 5. The molecule has 0 aliphatic heterocycles. The molecule has 4 saturated carbocycles. The fraction of sp³-hybridized carbons (Fsp3) is 0.700. The van der Waals surface area contributed by atoms with E-state index in [2.05, 4.69) is 31.5 Å². The lowest BCUT2D eigenvalue weighted by Crippen LogP contribution is -2.58. The van der Waals surface area contributed by atoms with E-state index in [4.69, 9.17) is 26.8 Å². The van der Waals surface area contributed by atoms with Crippen LogP contribution in [-0.2, 0) is 9.53 Å². The Hall–Kier alpha value is -2.15. The highest BCUT2D eigenvalue weighted by Crippen LogP contribution is 2.73. The van der Waals surface area contributed by atoms with Gasteiger partial charge in [-0.3, -0.25) is 10.2 Å². The second kappa shape index (κ2) is 9.55. The molecule has 0 heterocycles. The van der Waals surface area contributed by atoms with Crippen LogP contribution in [0.1, 0.15) is 85.5 Å². The van der Waals surface area contributed by atoms with Crippen LogP contribution in [-0.4, -0.2) is 30.5 Å². The second-order valence-corrected chi connectivity index (χ2v) is 13.2. The van der Waals surface area contributed by atoms with Gasteiger partial charge in [0, 0.05) is 22.9 Å². The van der Waals surface area contributed by atoms with Crippen molar-refractivity contribution in [1.82, 2.24) is 5.43 Å². The summed E-state index contributed by atoms with van der Waals surface area (Å²) in [6, 6.07) is 7.73. The summed E-state index contributed by atoms with van der Waals surface area (Å²) in [7, 11) is 1.66. The van der Waals surface area contributed by atoms with Gasteiger partial charge in [-0.15, -0.1) is 0 Å². The molecule has 0 amide bonds. The number of methoxy groups -OCH3 is 1. The molecule has 6 atom stereocenters. The van der Waals surface area contributed by atoms with Gasteiger partial charge in [-0.25, -0.2) is 0 Å². The van der Waals surface area contributed by atoms with Crippen LogP contribution in [0.2, 0.25) is 0 Å². The largest absolute Gasteiger partial charge is 0.497 e. The third kappa shape index (κ3) is 4.35. The van der Waals surface area contributed by atoms with Gasteiger partial charge in [0.15, 0.2) is 5.11 Å². The molecular formula is C30H43N3O3S. The Kier molecular flexibility index (Phi) is 6.83. The van der Waals surface area contributed by atoms with E-state index in [0.29, 0.717) is 23.6 Å². The Labute approximate surface area is 227 Å². The fourth-order valence-electron chi connectivity index (χ4n) is 9.22. The molecule has 4 fully saturated rings. The van der Waals surface area contributed by atoms with Crippen LogP contribution in [0.4, 0.5) is 5.69 Å². The normalized spacial score (nSPS) is 39.3. The predicted octanol–water partition coefficient (Wildman–Crippen LogP) is 6.70. The highest BCUT2D eigenvalue weighted by molar-refractivity contribution is 7.80. The van der Waals surface area contributed by atoms with Gasteiger partial charge in [0.05, 0.1) is 19.1 Å². The first-order chi connectivity index (χ1) is 17.6. The number of ether oxygens (including phenoxy) is 2. The summed E-state index contributed by atoms with van der Waals surface area (Å²) in [6.07, 6.45) is 10.2. The van der Waals surface area contributed by atoms with Crippen LogP contribution < -0.4 is 15.5 Å². The number of fused-ring (bicyclic) bond motifs is 3. The number of nitrogens with one attached hydrogen (secondary N) is 2. The van der Waals surface area contributed by atoms with E-state index in [1.54, 1.807) is 7.11 Å². The highest BCUT2D eigenvalue weighted by atomic mass is 32.1. The highest BCUT2D eigenvalue weighted by Gasteiger charge is 2.67. The van der Waals surface area contributed by atoms with Crippen molar-refractivity contribution >= 4 is 34.7 Å². The number of carbonyl (C=O) groups excluding carboxylic acids is 1. The van der Waals surface area contributed by atoms with E-state index in [1.165, 1.54) is 31.4 Å². The Morgan fingerprint density at radius 3 is 2.68 bits per heavy atom. The van der Waals surface area contributed by atoms with E-state index in [0.717, 1.165) is 43.5 Å². The SMILES string of the molecule is CCOC(=O)[C@]1(C)CCC[C@@]2(C)[C@@H]3CC[C@@]4(C)C[C@]3(CC[C@@H]21)C/C4=N\NC(=S)Nc1cccc(OC)c1. The summed E-state index contributed by atoms with van der Waals surface area (Å²) < 4.78 is 10.9. The number of esters is 1. The monoisotopic (exact) mass is 525 g/mol. The second-order valence-electron chi connectivity index (χ2n) is 12.8. The molecule has 0 unspecified atom stereocenters. The van der Waals surface area contributed by atoms with Crippen molar-refractivity contribution < 1.29 is 14.3 Å². The minimum absolute atomic E-state index is 0.0254. The number of carbonyl (C=O) groups is 1. The molecule has 4 aliphatic rings. The average Bonchev–Trinajstić information content (AvgIpc) is 3.07. The summed E-state index contributed by atoms with van der Waals surface area (Å²) >= 11 is 5.57. The molecule has 1 aromatic rings. The Balaban J connectivity index is 1.34. The maximum Gasteiger partial charge on any atom is 0.312 e. The molecule has 0 aromatic heterocycles. The topological polar surface area (TPSA) is 72.0 Å². The third-order valence-electron chi connectivity index (χ3n) is 10.7. The summed E-state index contributed by atoms with van der Waals surface area (Å²) in [6.45, 7) is 9.48. The van der Waals surface area contributed by atoms with E-state index in [1.807, 2.05) is 31.2 Å². The molecule has 2 N–H and O–H groups in total. The van der Waals surface area contributed by atoms with Gasteiger partial charge in [-0.2, -0.15) is 5.10 Å². The van der Waals surface area contributed by atoms with Gasteiger partial charge >= 0.3 is 5.97 Å². The van der Waals surface area contributed by atoms with Crippen molar-refractivity contribution in [2.45, 2.75) is 85.5 Å². The Bertz CT molecular complexity index is 1110. The van der Waals surface area contributed by atoms with Gasteiger partial charge < -0.3 is 14.8 Å². The molecule has 37 heavy (non-hydrogen) atoms. The molecular weight excluding hydrogens is 482 g/mol. The zero-order valence-corrected chi connectivity index (χ0v) is 23.9. The average molecular weight is 526 g/mol. The van der Waals surface area contributed by atoms with Crippen LogP contribution >= 0.6 is 12.2 Å². The van der Waals surface area contributed by atoms with Crippen molar-refractivity contribution in [3.8, 4) is 5.75 Å². The van der Waals surface area contributed by atoms with Gasteiger partial charge in [-0.05, 0) is 112 Å². The standard InChI is InChI=1S/C30H43N3O3S/c1-6-36-25(34)29(4)14-8-13-28(3)22(29)12-16-30-18-24(27(2,19-30)15-11-23(28)30)32-33-26(37)31-20-9-7-10-21(17-20)35-5/h7,9-10,17,22-23H,6,8,11-16,18-19H2,1-5H3,(H2,31,33,37)/b32-24+/t22-,23-,27-,28+,29+,30-/m0/s1. The zero-order chi connectivity index (χ0) is 26.5. The van der Waals surface area contributed by atoms with Crippen molar-refractivity contribution in [3.05, 3.63) is 24.3 Å². The lowest BCUT2D eigenvalue weighted by Gasteiger charge is -2.64. The van der Waals surface area contributed by atoms with E-state index in [9.17, 15) is 4.79 Å². The summed E-state index contributed by atoms with van der Waals surface area (Å²) in [5.74, 6) is 1.83. The van der Waals surface area contributed by atoms with E-state index < -0.39 is 0 Å². The van der Waals surface area contributed by atoms with E-state index in [-0.39, 0.29) is 27.6 Å². The lowest BCUT2D eigenvalue weighted by molar-refractivity contribution is -0.187. The molecule has 1 spiro atoms. The summed E-state index contributed by atoms with van der Waals surface area (Å²) in [4.78, 5) is 13.2. The molecule has 0 saturated heterocycles. The maximum absolute atomic E-state index is 13.2. The fourth-order valence-corrected chi connectivity index (χ4v) is 9.38. The Morgan fingerprint density at radius 2 is 1.92 bits per heavy atom. The molecule has 0 radical (unpaired) electrons. The van der Waals surface area contributed by atoms with Crippen LogP contribution in [0.15, 0.2) is 29.4 Å². The van der Waals surface area contributed by atoms with Crippen molar-refractivity contribution in [1.29, 1.82) is 0 Å². The van der Waals surface area contributed by atoms with Crippen LogP contribution in [0.25, 0.3) is 0 Å². The molecule has 6 nitrogen and oxygen atoms in total. The smallest absolute Gasteiger partial charge is 0.312 e. The van der Waals surface area contributed by atoms with Crippen LogP contribution in [0.3, 0.4) is 0 Å². The number of thiocarbonyl (C=S) groups is 1. The minimum atomic E-state index is -0.361. The molecule has 5 rings (SSSR count). The number of hydrogen-bond acceptors (Lipinski definition) is 5. The maximum atomic E-state index is 13.2. The molecule has 7 heteroatoms. The predicted molar refractivity (Wildman–Crippen MR) is 152 cm³/mol. The van der Waals surface area contributed by atoms with Crippen molar-refractivity contribution in [2.24, 2.45) is 38.6 Å². The van der Waals surface area contributed by atoms with Crippen LogP contribution in [0, 0.1) is 33.5 Å². The number of hydrogen-bond donors (Lipinski definition) is 2. The lowest BCUT2D eigenvalue weighted by atomic mass is 9.40. The summed E-state index contributed by atoms with van der Waals surface area (Å²) in [5.41, 5.74) is 5.48. The molecule has 4 aliphatic carbocycles.